The Labute approximate surface area is 241 Å². The Balaban J connectivity index is 1.41. The molecule has 4 aromatic rings. The topological polar surface area (TPSA) is 118 Å². The fourth-order valence-electron chi connectivity index (χ4n) is 4.62. The van der Waals surface area contributed by atoms with E-state index in [2.05, 4.69) is 19.7 Å². The summed E-state index contributed by atoms with van der Waals surface area (Å²) in [6.45, 7) is 7.68. The maximum absolute atomic E-state index is 14.3. The van der Waals surface area contributed by atoms with Gasteiger partial charge in [0, 0.05) is 62.0 Å². The molecule has 1 fully saturated rings. The summed E-state index contributed by atoms with van der Waals surface area (Å²) >= 11 is 0. The first-order chi connectivity index (χ1) is 19.8. The Bertz CT molecular complexity index is 1750. The smallest absolute Gasteiger partial charge is 0.410 e. The van der Waals surface area contributed by atoms with Crippen LogP contribution in [0, 0.1) is 11.6 Å². The number of nitrogens with one attached hydrogen (secondary N) is 1. The van der Waals surface area contributed by atoms with Gasteiger partial charge in [0.05, 0.1) is 18.3 Å². The van der Waals surface area contributed by atoms with Crippen molar-refractivity contribution in [1.82, 2.24) is 19.5 Å². The molecule has 0 atom stereocenters. The molecule has 42 heavy (non-hydrogen) atoms. The van der Waals surface area contributed by atoms with E-state index in [1.54, 1.807) is 21.8 Å². The van der Waals surface area contributed by atoms with E-state index >= 15 is 0 Å². The Morgan fingerprint density at radius 1 is 1.02 bits per heavy atom. The number of halogens is 2. The van der Waals surface area contributed by atoms with Gasteiger partial charge in [-0.3, -0.25) is 4.72 Å². The van der Waals surface area contributed by atoms with Gasteiger partial charge in [-0.25, -0.2) is 31.5 Å². The van der Waals surface area contributed by atoms with Crippen molar-refractivity contribution in [2.75, 3.05) is 42.9 Å². The van der Waals surface area contributed by atoms with Crippen LogP contribution in [0.1, 0.15) is 20.8 Å². The van der Waals surface area contributed by atoms with Crippen LogP contribution in [0.5, 0.6) is 5.88 Å². The molecule has 0 unspecified atom stereocenters. The minimum Gasteiger partial charge on any atom is -0.480 e. The zero-order valence-corrected chi connectivity index (χ0v) is 24.3. The second-order valence-corrected chi connectivity index (χ2v) is 12.3. The average Bonchev–Trinajstić information content (AvgIpc) is 3.36. The van der Waals surface area contributed by atoms with Crippen molar-refractivity contribution in [2.45, 2.75) is 31.3 Å². The molecule has 14 heteroatoms. The van der Waals surface area contributed by atoms with Gasteiger partial charge in [-0.1, -0.05) is 0 Å². The van der Waals surface area contributed by atoms with Gasteiger partial charge in [0.1, 0.15) is 27.8 Å². The molecule has 222 valence electrons. The van der Waals surface area contributed by atoms with E-state index < -0.39 is 32.2 Å². The molecule has 5 rings (SSSR count). The summed E-state index contributed by atoms with van der Waals surface area (Å²) in [5.41, 5.74) is 2.34. The van der Waals surface area contributed by atoms with Crippen molar-refractivity contribution in [3.05, 3.63) is 66.6 Å². The highest BCUT2D eigenvalue weighted by molar-refractivity contribution is 7.92. The van der Waals surface area contributed by atoms with Crippen LogP contribution in [0.2, 0.25) is 0 Å². The molecule has 0 spiro atoms. The van der Waals surface area contributed by atoms with E-state index in [9.17, 15) is 22.0 Å². The predicted molar refractivity (Wildman–Crippen MR) is 152 cm³/mol. The highest BCUT2D eigenvalue weighted by Gasteiger charge is 2.27. The molecule has 1 aliphatic rings. The van der Waals surface area contributed by atoms with Crippen molar-refractivity contribution >= 4 is 33.0 Å². The first-order valence-electron chi connectivity index (χ1n) is 13.1. The van der Waals surface area contributed by atoms with Crippen molar-refractivity contribution in [3.63, 3.8) is 0 Å². The van der Waals surface area contributed by atoms with E-state index in [0.29, 0.717) is 43.4 Å². The number of piperazine rings is 1. The number of anilines is 2. The minimum absolute atomic E-state index is 0.0274. The van der Waals surface area contributed by atoms with Gasteiger partial charge in [0.15, 0.2) is 0 Å². The third-order valence-electron chi connectivity index (χ3n) is 6.56. The Morgan fingerprint density at radius 3 is 2.43 bits per heavy atom. The molecule has 1 aliphatic heterocycles. The third-order valence-corrected chi connectivity index (χ3v) is 7.96. The highest BCUT2D eigenvalue weighted by atomic mass is 32.2. The Morgan fingerprint density at radius 2 is 1.76 bits per heavy atom. The van der Waals surface area contributed by atoms with E-state index in [1.807, 2.05) is 32.9 Å². The van der Waals surface area contributed by atoms with E-state index in [-0.39, 0.29) is 17.7 Å². The number of rotatable bonds is 6. The molecular formula is C28H30F2N6O5S. The lowest BCUT2D eigenvalue weighted by atomic mass is 10.1. The van der Waals surface area contributed by atoms with Gasteiger partial charge >= 0.3 is 6.09 Å². The molecule has 0 radical (unpaired) electrons. The fraction of sp³-hybridized carbons (Fsp3) is 0.321. The van der Waals surface area contributed by atoms with Gasteiger partial charge in [0.25, 0.3) is 10.0 Å². The van der Waals surface area contributed by atoms with Crippen LogP contribution in [0.15, 0.2) is 59.9 Å². The van der Waals surface area contributed by atoms with Crippen molar-refractivity contribution < 1.29 is 31.5 Å². The van der Waals surface area contributed by atoms with Gasteiger partial charge in [-0.15, -0.1) is 0 Å². The van der Waals surface area contributed by atoms with Crippen LogP contribution in [-0.2, 0) is 14.8 Å². The van der Waals surface area contributed by atoms with Crippen molar-refractivity contribution in [2.24, 2.45) is 0 Å². The number of aromatic nitrogens is 3. The first-order valence-corrected chi connectivity index (χ1v) is 14.6. The maximum Gasteiger partial charge on any atom is 0.410 e. The number of pyridine rings is 1. The van der Waals surface area contributed by atoms with Gasteiger partial charge in [-0.05, 0) is 51.1 Å². The summed E-state index contributed by atoms with van der Waals surface area (Å²) in [5.74, 6) is -2.16. The lowest BCUT2D eigenvalue weighted by Crippen LogP contribution is -2.50. The zero-order valence-electron chi connectivity index (χ0n) is 23.5. The molecule has 11 nitrogen and oxygen atoms in total. The molecule has 1 amide bonds. The molecule has 4 heterocycles. The average molecular weight is 601 g/mol. The molecule has 0 bridgehead atoms. The maximum atomic E-state index is 14.3. The van der Waals surface area contributed by atoms with E-state index in [0.717, 1.165) is 23.3 Å². The number of amides is 1. The third kappa shape index (κ3) is 6.08. The molecule has 1 saturated heterocycles. The van der Waals surface area contributed by atoms with Crippen LogP contribution < -0.4 is 14.4 Å². The van der Waals surface area contributed by atoms with Crippen LogP contribution in [-0.4, -0.2) is 72.9 Å². The Kier molecular flexibility index (Phi) is 7.66. The predicted octanol–water partition coefficient (Wildman–Crippen LogP) is 4.54. The lowest BCUT2D eigenvalue weighted by Gasteiger charge is -2.36. The zero-order chi connectivity index (χ0) is 30.2. The number of nitrogens with zero attached hydrogens (tertiary/aromatic N) is 5. The molecular weight excluding hydrogens is 570 g/mol. The van der Waals surface area contributed by atoms with Crippen LogP contribution in [0.3, 0.4) is 0 Å². The lowest BCUT2D eigenvalue weighted by molar-refractivity contribution is 0.0240. The second-order valence-electron chi connectivity index (χ2n) is 10.7. The van der Waals surface area contributed by atoms with Crippen molar-refractivity contribution in [1.29, 1.82) is 0 Å². The van der Waals surface area contributed by atoms with Crippen molar-refractivity contribution in [3.8, 4) is 17.0 Å². The van der Waals surface area contributed by atoms with Gasteiger partial charge in [-0.2, -0.15) is 5.10 Å². The van der Waals surface area contributed by atoms with Gasteiger partial charge < -0.3 is 19.3 Å². The van der Waals surface area contributed by atoms with E-state index in [1.165, 1.54) is 19.4 Å². The molecule has 1 N–H and O–H groups in total. The van der Waals surface area contributed by atoms with Crippen LogP contribution >= 0.6 is 0 Å². The minimum atomic E-state index is -4.43. The monoisotopic (exact) mass is 600 g/mol. The molecule has 3 aromatic heterocycles. The summed E-state index contributed by atoms with van der Waals surface area (Å²) < 4.78 is 68.2. The largest absolute Gasteiger partial charge is 0.480 e. The SMILES string of the molecule is COc1ncc(-c2cc3c(N4CCN(C(=O)OC(C)(C)C)CC4)ccnn3c2)cc1NS(=O)(=O)c1ccc(F)cc1F. The molecule has 0 aliphatic carbocycles. The summed E-state index contributed by atoms with van der Waals surface area (Å²) in [6.07, 6.45) is 4.63. The highest BCUT2D eigenvalue weighted by Crippen LogP contribution is 2.33. The number of ether oxygens (including phenoxy) is 2. The normalized spacial score (nSPS) is 14.2. The second kappa shape index (κ2) is 11.1. The number of methoxy groups -OCH3 is 1. The number of benzene rings is 1. The number of hydrogen-bond donors (Lipinski definition) is 1. The van der Waals surface area contributed by atoms with Crippen LogP contribution in [0.4, 0.5) is 25.0 Å². The van der Waals surface area contributed by atoms with E-state index in [4.69, 9.17) is 9.47 Å². The Hall–Kier alpha value is -4.46. The number of hydrogen-bond acceptors (Lipinski definition) is 8. The number of carbonyl (C=O) groups is 1. The summed E-state index contributed by atoms with van der Waals surface area (Å²) in [4.78, 5) is 19.8. The standard InChI is InChI=1S/C28H30F2N6O5S/c1-28(2,3)41-27(37)35-11-9-34(10-12-35)23-7-8-32-36-17-19(14-24(23)36)18-13-22(26(40-4)31-16-18)33-42(38,39)25-6-5-20(29)15-21(25)30/h5-8,13-17,33H,9-12H2,1-4H3. The molecule has 1 aromatic carbocycles. The fourth-order valence-corrected chi connectivity index (χ4v) is 5.73. The number of carbonyl (C=O) groups excluding carboxylic acids is 1. The summed E-state index contributed by atoms with van der Waals surface area (Å²) in [5, 5.41) is 4.41. The first kappa shape index (κ1) is 29.0. The number of fused-ring (bicyclic) bond motifs is 1. The number of sulfonamides is 1. The summed E-state index contributed by atoms with van der Waals surface area (Å²) in [6, 6.07) is 7.50. The van der Waals surface area contributed by atoms with Gasteiger partial charge in [0.2, 0.25) is 5.88 Å². The summed E-state index contributed by atoms with van der Waals surface area (Å²) in [7, 11) is -3.11. The molecule has 0 saturated carbocycles. The quantitative estimate of drug-likeness (QED) is 0.343. The van der Waals surface area contributed by atoms with Crippen LogP contribution in [0.25, 0.3) is 16.6 Å².